The van der Waals surface area contributed by atoms with E-state index in [4.69, 9.17) is 5.73 Å². The van der Waals surface area contributed by atoms with Crippen LogP contribution in [-0.2, 0) is 5.41 Å². The number of urea groups is 1. The molecule has 0 unspecified atom stereocenters. The Morgan fingerprint density at radius 2 is 1.79 bits per heavy atom. The molecular weight excluding hydrogens is 384 g/mol. The highest BCUT2D eigenvalue weighted by atomic mass is 32.1. The summed E-state index contributed by atoms with van der Waals surface area (Å²) >= 11 is 1.30. The molecule has 1 aliphatic rings. The number of thiophene rings is 1. The molecule has 150 valence electrons. The van der Waals surface area contributed by atoms with Crippen molar-refractivity contribution >= 4 is 29.0 Å². The van der Waals surface area contributed by atoms with Crippen LogP contribution < -0.4 is 21.7 Å². The maximum absolute atomic E-state index is 12.8. The second-order valence-corrected chi connectivity index (χ2v) is 8.66. The number of primary amides is 1. The van der Waals surface area contributed by atoms with Crippen LogP contribution in [0, 0.1) is 0 Å². The van der Waals surface area contributed by atoms with Crippen LogP contribution in [0.1, 0.15) is 36.0 Å². The third-order valence-electron chi connectivity index (χ3n) is 4.31. The lowest BCUT2D eigenvalue weighted by Gasteiger charge is -2.18. The van der Waals surface area contributed by atoms with Gasteiger partial charge in [0.05, 0.1) is 11.4 Å². The number of carbonyl (C=O) groups excluding carboxylic acids is 2. The molecule has 0 saturated carbocycles. The molecule has 0 bridgehead atoms. The monoisotopic (exact) mass is 408 g/mol. The summed E-state index contributed by atoms with van der Waals surface area (Å²) in [6.45, 7) is 6.47. The van der Waals surface area contributed by atoms with Crippen LogP contribution in [0.25, 0.3) is 10.4 Å². The summed E-state index contributed by atoms with van der Waals surface area (Å²) in [5.74, 6) is -0.323. The lowest BCUT2D eigenvalue weighted by molar-refractivity contribution is 0.0972. The number of hydrogen-bond acceptors (Lipinski definition) is 4. The zero-order chi connectivity index (χ0) is 21.0. The molecule has 0 fully saturated rings. The Kier molecular flexibility index (Phi) is 5.89. The van der Waals surface area contributed by atoms with E-state index in [0.29, 0.717) is 16.3 Å². The van der Waals surface area contributed by atoms with Crippen LogP contribution in [0.3, 0.4) is 0 Å². The van der Waals surface area contributed by atoms with Crippen molar-refractivity contribution in [1.82, 2.24) is 10.6 Å². The molecule has 7 heteroatoms. The Balaban J connectivity index is 1.90. The first-order chi connectivity index (χ1) is 13.7. The van der Waals surface area contributed by atoms with Gasteiger partial charge in [0.15, 0.2) is 0 Å². The second-order valence-electron chi connectivity index (χ2n) is 7.61. The maximum atomic E-state index is 12.8. The molecule has 0 aliphatic carbocycles. The number of nitrogens with one attached hydrogen (secondary N) is 3. The Labute approximate surface area is 174 Å². The van der Waals surface area contributed by atoms with Gasteiger partial charge in [-0.2, -0.15) is 0 Å². The van der Waals surface area contributed by atoms with E-state index >= 15 is 0 Å². The third-order valence-corrected chi connectivity index (χ3v) is 5.49. The highest BCUT2D eigenvalue weighted by Gasteiger charge is 2.20. The number of nitrogens with two attached hydrogens (primary N) is 1. The minimum atomic E-state index is -0.717. The van der Waals surface area contributed by atoms with Crippen molar-refractivity contribution in [2.45, 2.75) is 26.2 Å². The highest BCUT2D eigenvalue weighted by molar-refractivity contribution is 7.18. The molecular formula is C22H24N4O2S. The maximum Gasteiger partial charge on any atom is 0.316 e. The summed E-state index contributed by atoms with van der Waals surface area (Å²) in [6.07, 6.45) is 8.83. The van der Waals surface area contributed by atoms with E-state index in [0.717, 1.165) is 10.4 Å². The summed E-state index contributed by atoms with van der Waals surface area (Å²) in [7, 11) is 0. The minimum Gasteiger partial charge on any atom is -0.366 e. The number of benzene rings is 1. The van der Waals surface area contributed by atoms with Crippen molar-refractivity contribution in [2.75, 3.05) is 5.32 Å². The predicted octanol–water partition coefficient (Wildman–Crippen LogP) is 4.45. The van der Waals surface area contributed by atoms with Gasteiger partial charge in [-0.25, -0.2) is 4.79 Å². The Morgan fingerprint density at radius 1 is 1.07 bits per heavy atom. The zero-order valence-corrected chi connectivity index (χ0v) is 17.4. The largest absolute Gasteiger partial charge is 0.366 e. The number of amides is 3. The first kappa shape index (κ1) is 20.4. The molecule has 2 aromatic rings. The first-order valence-corrected chi connectivity index (χ1v) is 9.98. The number of anilines is 1. The predicted molar refractivity (Wildman–Crippen MR) is 119 cm³/mol. The molecule has 5 N–H and O–H groups in total. The fourth-order valence-electron chi connectivity index (χ4n) is 2.78. The molecule has 1 aliphatic heterocycles. The van der Waals surface area contributed by atoms with Crippen LogP contribution in [0.2, 0.25) is 0 Å². The lowest BCUT2D eigenvalue weighted by atomic mass is 9.86. The third kappa shape index (κ3) is 5.14. The molecule has 29 heavy (non-hydrogen) atoms. The van der Waals surface area contributed by atoms with E-state index in [9.17, 15) is 9.59 Å². The van der Waals surface area contributed by atoms with Gasteiger partial charge < -0.3 is 21.7 Å². The molecule has 3 rings (SSSR count). The molecule has 3 amide bonds. The number of allylic oxidation sites excluding steroid dienone is 3. The van der Waals surface area contributed by atoms with Gasteiger partial charge in [-0.05, 0) is 34.8 Å². The Hall–Kier alpha value is -3.32. The summed E-state index contributed by atoms with van der Waals surface area (Å²) in [5, 5.41) is 8.33. The topological polar surface area (TPSA) is 96.2 Å². The van der Waals surface area contributed by atoms with E-state index in [1.54, 1.807) is 24.5 Å². The molecule has 1 aromatic carbocycles. The zero-order valence-electron chi connectivity index (χ0n) is 16.6. The quantitative estimate of drug-likeness (QED) is 0.602. The van der Waals surface area contributed by atoms with Gasteiger partial charge in [-0.15, -0.1) is 11.3 Å². The number of carbonyl (C=O) groups is 2. The van der Waals surface area contributed by atoms with E-state index in [-0.39, 0.29) is 11.3 Å². The van der Waals surface area contributed by atoms with Crippen LogP contribution >= 0.6 is 11.3 Å². The van der Waals surface area contributed by atoms with Gasteiger partial charge in [0.25, 0.3) is 5.91 Å². The summed E-state index contributed by atoms with van der Waals surface area (Å²) in [6, 6.07) is 9.26. The normalized spacial score (nSPS) is 13.3. The van der Waals surface area contributed by atoms with E-state index in [2.05, 4.69) is 48.9 Å². The molecule has 1 aromatic heterocycles. The second kappa shape index (κ2) is 8.36. The van der Waals surface area contributed by atoms with E-state index in [1.165, 1.54) is 16.9 Å². The molecule has 2 heterocycles. The van der Waals surface area contributed by atoms with Crippen molar-refractivity contribution in [3.63, 3.8) is 0 Å². The van der Waals surface area contributed by atoms with E-state index in [1.807, 2.05) is 24.3 Å². The molecule has 0 saturated heterocycles. The highest BCUT2D eigenvalue weighted by Crippen LogP contribution is 2.36. The average molecular weight is 409 g/mol. The van der Waals surface area contributed by atoms with Crippen molar-refractivity contribution in [3.8, 4) is 10.4 Å². The number of hydrogen-bond donors (Lipinski definition) is 4. The van der Waals surface area contributed by atoms with Gasteiger partial charge in [-0.1, -0.05) is 51.1 Å². The fraction of sp³-hybridized carbons (Fsp3) is 0.182. The summed E-state index contributed by atoms with van der Waals surface area (Å²) < 4.78 is 0. The van der Waals surface area contributed by atoms with Crippen molar-refractivity contribution in [3.05, 3.63) is 77.1 Å². The molecule has 0 spiro atoms. The SMILES string of the molecule is CC(C)(C)c1ccc(-c2cc(NC(N)=O)c(C(=O)NC3=CNC=CC=C3)s2)cc1. The first-order valence-electron chi connectivity index (χ1n) is 9.16. The van der Waals surface area contributed by atoms with Gasteiger partial charge in [0.2, 0.25) is 0 Å². The molecule has 0 atom stereocenters. The van der Waals surface area contributed by atoms with Gasteiger partial charge in [0.1, 0.15) is 4.88 Å². The van der Waals surface area contributed by atoms with E-state index < -0.39 is 6.03 Å². The van der Waals surface area contributed by atoms with Crippen LogP contribution in [0.15, 0.2) is 66.7 Å². The fourth-order valence-corrected chi connectivity index (χ4v) is 3.80. The Bertz CT molecular complexity index is 1010. The van der Waals surface area contributed by atoms with Gasteiger partial charge in [-0.3, -0.25) is 4.79 Å². The van der Waals surface area contributed by atoms with Gasteiger partial charge >= 0.3 is 6.03 Å². The van der Waals surface area contributed by atoms with Crippen LogP contribution in [0.5, 0.6) is 0 Å². The Morgan fingerprint density at radius 3 is 2.45 bits per heavy atom. The standard InChI is InChI=1S/C22H24N4O2S/c1-22(2,3)15-9-7-14(8-10-15)18-12-17(26-21(23)28)19(29-18)20(27)25-16-6-4-5-11-24-13-16/h4-13,24H,1-3H3,(H,25,27)(H3,23,26,28). The summed E-state index contributed by atoms with van der Waals surface area (Å²) in [5.41, 5.74) is 8.53. The average Bonchev–Trinajstić information content (AvgIpc) is 2.89. The van der Waals surface area contributed by atoms with Crippen molar-refractivity contribution in [2.24, 2.45) is 5.73 Å². The van der Waals surface area contributed by atoms with Crippen molar-refractivity contribution < 1.29 is 9.59 Å². The van der Waals surface area contributed by atoms with Crippen molar-refractivity contribution in [1.29, 1.82) is 0 Å². The minimum absolute atomic E-state index is 0.0561. The molecule has 6 nitrogen and oxygen atoms in total. The van der Waals surface area contributed by atoms with Gasteiger partial charge in [0, 0.05) is 17.3 Å². The lowest BCUT2D eigenvalue weighted by Crippen LogP contribution is -2.25. The van der Waals surface area contributed by atoms with Crippen LogP contribution in [0.4, 0.5) is 10.5 Å². The smallest absolute Gasteiger partial charge is 0.316 e. The van der Waals surface area contributed by atoms with Crippen LogP contribution in [-0.4, -0.2) is 11.9 Å². The number of rotatable bonds is 4. The summed E-state index contributed by atoms with van der Waals surface area (Å²) in [4.78, 5) is 25.5. The molecule has 0 radical (unpaired) electrons.